The summed E-state index contributed by atoms with van der Waals surface area (Å²) in [5.41, 5.74) is 3.03. The van der Waals surface area contributed by atoms with E-state index in [1.165, 1.54) is 11.3 Å². The number of amides is 2. The lowest BCUT2D eigenvalue weighted by atomic mass is 10.1. The third-order valence-corrected chi connectivity index (χ3v) is 5.86. The summed E-state index contributed by atoms with van der Waals surface area (Å²) >= 11 is 4.98. The Morgan fingerprint density at radius 1 is 1.10 bits per heavy atom. The first-order chi connectivity index (χ1) is 14.0. The van der Waals surface area contributed by atoms with E-state index >= 15 is 0 Å². The molecule has 0 aliphatic rings. The van der Waals surface area contributed by atoms with Crippen LogP contribution in [0.5, 0.6) is 0 Å². The van der Waals surface area contributed by atoms with Crippen LogP contribution in [-0.4, -0.2) is 34.8 Å². The lowest BCUT2D eigenvalue weighted by Gasteiger charge is -2.18. The molecule has 0 unspecified atom stereocenters. The van der Waals surface area contributed by atoms with E-state index in [0.29, 0.717) is 24.3 Å². The quantitative estimate of drug-likeness (QED) is 0.512. The van der Waals surface area contributed by atoms with Crippen LogP contribution in [0.2, 0.25) is 0 Å². The lowest BCUT2D eigenvalue weighted by Crippen LogP contribution is -2.30. The summed E-state index contributed by atoms with van der Waals surface area (Å²) in [7, 11) is 0. The molecule has 0 radical (unpaired) electrons. The number of carbonyl (C=O) groups excluding carboxylic acids is 2. The van der Waals surface area contributed by atoms with E-state index in [0.717, 1.165) is 20.7 Å². The first-order valence-electron chi connectivity index (χ1n) is 9.39. The van der Waals surface area contributed by atoms with Crippen molar-refractivity contribution in [3.63, 3.8) is 0 Å². The zero-order chi connectivity index (χ0) is 20.8. The Balaban J connectivity index is 1.60. The monoisotopic (exact) mass is 471 g/mol. The number of benzene rings is 2. The number of anilines is 1. The van der Waals surface area contributed by atoms with E-state index in [1.54, 1.807) is 29.2 Å². The largest absolute Gasteiger partial charge is 0.339 e. The minimum atomic E-state index is -0.140. The average molecular weight is 472 g/mol. The molecule has 7 heteroatoms. The minimum absolute atomic E-state index is 0.00423. The Morgan fingerprint density at radius 2 is 1.83 bits per heavy atom. The van der Waals surface area contributed by atoms with Crippen molar-refractivity contribution >= 4 is 44.8 Å². The third-order valence-electron chi connectivity index (χ3n) is 4.43. The number of halogens is 1. The van der Waals surface area contributed by atoms with Crippen molar-refractivity contribution in [3.05, 3.63) is 69.6 Å². The maximum absolute atomic E-state index is 12.4. The molecule has 1 N–H and O–H groups in total. The molecule has 3 rings (SSSR count). The van der Waals surface area contributed by atoms with Crippen LogP contribution in [0.1, 0.15) is 29.9 Å². The van der Waals surface area contributed by atoms with Crippen molar-refractivity contribution < 1.29 is 9.59 Å². The summed E-state index contributed by atoms with van der Waals surface area (Å²) in [5, 5.41) is 5.65. The predicted octanol–water partition coefficient (Wildman–Crippen LogP) is 5.24. The van der Waals surface area contributed by atoms with E-state index < -0.39 is 0 Å². The van der Waals surface area contributed by atoms with Crippen molar-refractivity contribution in [2.24, 2.45) is 0 Å². The normalized spacial score (nSPS) is 10.6. The van der Waals surface area contributed by atoms with Gasteiger partial charge in [-0.1, -0.05) is 28.1 Å². The highest BCUT2D eigenvalue weighted by Crippen LogP contribution is 2.26. The molecule has 2 amide bonds. The maximum atomic E-state index is 12.4. The molecule has 0 aliphatic heterocycles. The van der Waals surface area contributed by atoms with Crippen LogP contribution in [-0.2, 0) is 11.2 Å². The van der Waals surface area contributed by atoms with Gasteiger partial charge in [-0.3, -0.25) is 9.59 Å². The van der Waals surface area contributed by atoms with Gasteiger partial charge < -0.3 is 10.2 Å². The number of nitrogens with one attached hydrogen (secondary N) is 1. The molecule has 0 spiro atoms. The number of nitrogens with zero attached hydrogens (tertiary/aromatic N) is 2. The van der Waals surface area contributed by atoms with Gasteiger partial charge in [0.25, 0.3) is 5.91 Å². The molecule has 0 saturated carbocycles. The van der Waals surface area contributed by atoms with Gasteiger partial charge >= 0.3 is 0 Å². The Kier molecular flexibility index (Phi) is 7.17. The van der Waals surface area contributed by atoms with Gasteiger partial charge in [-0.05, 0) is 50.2 Å². The van der Waals surface area contributed by atoms with Crippen LogP contribution in [0, 0.1) is 0 Å². The Labute approximate surface area is 182 Å². The van der Waals surface area contributed by atoms with Gasteiger partial charge in [0, 0.05) is 39.8 Å². The van der Waals surface area contributed by atoms with Crippen molar-refractivity contribution in [2.45, 2.75) is 20.3 Å². The first-order valence-corrected chi connectivity index (χ1v) is 11.1. The van der Waals surface area contributed by atoms with Crippen LogP contribution < -0.4 is 5.32 Å². The standard InChI is InChI=1S/C22H22BrN3O2S/c1-3-26(4-2)22(28)15-8-10-18(11-9-15)24-20(27)13-19-14-29-21(25-19)16-6-5-7-17(23)12-16/h5-12,14H,3-4,13H2,1-2H3,(H,24,27). The van der Waals surface area contributed by atoms with Gasteiger partial charge in [0.1, 0.15) is 5.01 Å². The average Bonchev–Trinajstić information content (AvgIpc) is 3.17. The van der Waals surface area contributed by atoms with Crippen LogP contribution >= 0.6 is 27.3 Å². The molecule has 5 nitrogen and oxygen atoms in total. The molecule has 2 aromatic carbocycles. The van der Waals surface area contributed by atoms with Gasteiger partial charge in [-0.15, -0.1) is 11.3 Å². The predicted molar refractivity (Wildman–Crippen MR) is 121 cm³/mol. The highest BCUT2D eigenvalue weighted by Gasteiger charge is 2.13. The van der Waals surface area contributed by atoms with Crippen LogP contribution in [0.3, 0.4) is 0 Å². The summed E-state index contributed by atoms with van der Waals surface area (Å²) in [6.45, 7) is 5.25. The fourth-order valence-corrected chi connectivity index (χ4v) is 4.12. The van der Waals surface area contributed by atoms with Gasteiger partial charge in [-0.2, -0.15) is 0 Å². The van der Waals surface area contributed by atoms with Crippen molar-refractivity contribution in [1.29, 1.82) is 0 Å². The second-order valence-electron chi connectivity index (χ2n) is 6.43. The Morgan fingerprint density at radius 3 is 2.48 bits per heavy atom. The Hall–Kier alpha value is -2.51. The number of hydrogen-bond acceptors (Lipinski definition) is 4. The number of thiazole rings is 1. The summed E-state index contributed by atoms with van der Waals surface area (Å²) < 4.78 is 0.993. The van der Waals surface area contributed by atoms with E-state index in [2.05, 4.69) is 26.2 Å². The van der Waals surface area contributed by atoms with E-state index in [1.807, 2.05) is 43.5 Å². The van der Waals surface area contributed by atoms with Gasteiger partial charge in [0.05, 0.1) is 12.1 Å². The second-order valence-corrected chi connectivity index (χ2v) is 8.21. The van der Waals surface area contributed by atoms with Crippen LogP contribution in [0.15, 0.2) is 58.4 Å². The van der Waals surface area contributed by atoms with E-state index in [4.69, 9.17) is 0 Å². The van der Waals surface area contributed by atoms with Gasteiger partial charge in [0.2, 0.25) is 5.91 Å². The highest BCUT2D eigenvalue weighted by molar-refractivity contribution is 9.10. The zero-order valence-corrected chi connectivity index (χ0v) is 18.7. The fourth-order valence-electron chi connectivity index (χ4n) is 2.90. The van der Waals surface area contributed by atoms with Crippen molar-refractivity contribution in [2.75, 3.05) is 18.4 Å². The minimum Gasteiger partial charge on any atom is -0.339 e. The molecule has 0 bridgehead atoms. The molecule has 1 aromatic heterocycles. The smallest absolute Gasteiger partial charge is 0.253 e. The molecular weight excluding hydrogens is 450 g/mol. The number of aromatic nitrogens is 1. The highest BCUT2D eigenvalue weighted by atomic mass is 79.9. The molecule has 150 valence electrons. The van der Waals surface area contributed by atoms with Crippen LogP contribution in [0.25, 0.3) is 10.6 Å². The molecule has 1 heterocycles. The maximum Gasteiger partial charge on any atom is 0.253 e. The molecule has 0 atom stereocenters. The number of rotatable bonds is 7. The molecule has 29 heavy (non-hydrogen) atoms. The number of hydrogen-bond donors (Lipinski definition) is 1. The molecular formula is C22H22BrN3O2S. The molecule has 0 aliphatic carbocycles. The summed E-state index contributed by atoms with van der Waals surface area (Å²) in [6, 6.07) is 14.9. The van der Waals surface area contributed by atoms with Gasteiger partial charge in [0.15, 0.2) is 0 Å². The molecule has 3 aromatic rings. The van der Waals surface area contributed by atoms with E-state index in [-0.39, 0.29) is 18.2 Å². The topological polar surface area (TPSA) is 62.3 Å². The second kappa shape index (κ2) is 9.80. The summed E-state index contributed by atoms with van der Waals surface area (Å²) in [6.07, 6.45) is 0.199. The van der Waals surface area contributed by atoms with Gasteiger partial charge in [-0.25, -0.2) is 4.98 Å². The summed E-state index contributed by atoms with van der Waals surface area (Å²) in [4.78, 5) is 31.1. The Bertz CT molecular complexity index is 997. The molecule has 0 fully saturated rings. The van der Waals surface area contributed by atoms with E-state index in [9.17, 15) is 9.59 Å². The number of carbonyl (C=O) groups is 2. The first kappa shape index (κ1) is 21.2. The lowest BCUT2D eigenvalue weighted by molar-refractivity contribution is -0.115. The third kappa shape index (κ3) is 5.52. The zero-order valence-electron chi connectivity index (χ0n) is 16.3. The van der Waals surface area contributed by atoms with Crippen LogP contribution in [0.4, 0.5) is 5.69 Å². The SMILES string of the molecule is CCN(CC)C(=O)c1ccc(NC(=O)Cc2csc(-c3cccc(Br)c3)n2)cc1. The summed E-state index contributed by atoms with van der Waals surface area (Å²) in [5.74, 6) is -0.144. The van der Waals surface area contributed by atoms with Crippen molar-refractivity contribution in [3.8, 4) is 10.6 Å². The van der Waals surface area contributed by atoms with Crippen molar-refractivity contribution in [1.82, 2.24) is 9.88 Å². The fraction of sp³-hybridized carbons (Fsp3) is 0.227. The molecule has 0 saturated heterocycles.